The van der Waals surface area contributed by atoms with Crippen LogP contribution in [0.2, 0.25) is 0 Å². The zero-order valence-corrected chi connectivity index (χ0v) is 9.08. The second-order valence-corrected chi connectivity index (χ2v) is 3.31. The maximum absolute atomic E-state index is 8.73. The number of nitrogens with zero attached hydrogens (tertiary/aromatic N) is 1. The summed E-state index contributed by atoms with van der Waals surface area (Å²) in [4.78, 5) is 0. The van der Waals surface area contributed by atoms with Gasteiger partial charge in [0.2, 0.25) is 0 Å². The molecule has 0 aromatic heterocycles. The van der Waals surface area contributed by atoms with Crippen molar-refractivity contribution < 1.29 is 5.21 Å². The fraction of sp³-hybridized carbons (Fsp3) is 0.583. The van der Waals surface area contributed by atoms with Gasteiger partial charge in [-0.25, -0.2) is 0 Å². The van der Waals surface area contributed by atoms with E-state index in [2.05, 4.69) is 17.8 Å². The number of oxime groups is 1. The van der Waals surface area contributed by atoms with E-state index >= 15 is 0 Å². The number of rotatable bonds is 8. The quantitative estimate of drug-likeness (QED) is 0.206. The summed E-state index contributed by atoms with van der Waals surface area (Å²) in [6.45, 7) is 5.68. The van der Waals surface area contributed by atoms with Gasteiger partial charge < -0.3 is 5.21 Å². The Hall–Kier alpha value is -1.05. The highest BCUT2D eigenvalue weighted by molar-refractivity contribution is 5.83. The van der Waals surface area contributed by atoms with Crippen molar-refractivity contribution in [3.05, 3.63) is 24.8 Å². The van der Waals surface area contributed by atoms with Gasteiger partial charge in [0.05, 0.1) is 5.71 Å². The van der Waals surface area contributed by atoms with Crippen LogP contribution in [0.4, 0.5) is 0 Å². The van der Waals surface area contributed by atoms with Crippen LogP contribution in [0.5, 0.6) is 0 Å². The van der Waals surface area contributed by atoms with E-state index in [1.54, 1.807) is 0 Å². The third-order valence-corrected chi connectivity index (χ3v) is 2.09. The minimum absolute atomic E-state index is 0.887. The average molecular weight is 195 g/mol. The van der Waals surface area contributed by atoms with Crippen LogP contribution in [-0.4, -0.2) is 10.9 Å². The van der Waals surface area contributed by atoms with Crippen molar-refractivity contribution in [2.45, 2.75) is 45.4 Å². The van der Waals surface area contributed by atoms with Gasteiger partial charge in [-0.05, 0) is 45.4 Å². The zero-order chi connectivity index (χ0) is 10.6. The molecule has 0 atom stereocenters. The number of allylic oxidation sites excluding steroid dienone is 3. The van der Waals surface area contributed by atoms with Crippen LogP contribution in [0.15, 0.2) is 30.0 Å². The van der Waals surface area contributed by atoms with E-state index < -0.39 is 0 Å². The monoisotopic (exact) mass is 195 g/mol. The molecule has 0 amide bonds. The highest BCUT2D eigenvalue weighted by Crippen LogP contribution is 2.06. The van der Waals surface area contributed by atoms with Crippen LogP contribution in [0, 0.1) is 0 Å². The van der Waals surface area contributed by atoms with Crippen molar-refractivity contribution in [3.63, 3.8) is 0 Å². The summed E-state index contributed by atoms with van der Waals surface area (Å²) in [7, 11) is 0. The molecule has 0 spiro atoms. The van der Waals surface area contributed by atoms with Gasteiger partial charge in [-0.2, -0.15) is 0 Å². The van der Waals surface area contributed by atoms with Gasteiger partial charge in [-0.3, -0.25) is 0 Å². The molecule has 0 radical (unpaired) electrons. The largest absolute Gasteiger partial charge is 0.411 e. The first-order chi connectivity index (χ1) is 6.85. The normalized spacial score (nSPS) is 12.2. The zero-order valence-electron chi connectivity index (χ0n) is 9.08. The molecule has 0 unspecified atom stereocenters. The molecule has 80 valence electrons. The van der Waals surface area contributed by atoms with E-state index in [0.717, 1.165) is 44.2 Å². The van der Waals surface area contributed by atoms with Crippen LogP contribution in [0.3, 0.4) is 0 Å². The predicted molar refractivity (Wildman–Crippen MR) is 61.9 cm³/mol. The lowest BCUT2D eigenvalue weighted by molar-refractivity contribution is 0.315. The van der Waals surface area contributed by atoms with Gasteiger partial charge in [0.15, 0.2) is 0 Å². The summed E-state index contributed by atoms with van der Waals surface area (Å²) < 4.78 is 0. The Morgan fingerprint density at radius 2 is 1.93 bits per heavy atom. The summed E-state index contributed by atoms with van der Waals surface area (Å²) in [5.74, 6) is 0. The SMILES string of the molecule is C=CCCC/C(CCC/C=C/C)=N\O. The first kappa shape index (κ1) is 12.9. The molecule has 0 bridgehead atoms. The van der Waals surface area contributed by atoms with Gasteiger partial charge in [-0.1, -0.05) is 23.4 Å². The molecule has 1 N–H and O–H groups in total. The fourth-order valence-electron chi connectivity index (χ4n) is 1.27. The van der Waals surface area contributed by atoms with E-state index in [1.807, 2.05) is 19.1 Å². The summed E-state index contributed by atoms with van der Waals surface area (Å²) >= 11 is 0. The lowest BCUT2D eigenvalue weighted by Gasteiger charge is -2.01. The van der Waals surface area contributed by atoms with E-state index in [4.69, 9.17) is 5.21 Å². The number of hydrogen-bond donors (Lipinski definition) is 1. The Morgan fingerprint density at radius 3 is 2.43 bits per heavy atom. The molecule has 0 saturated heterocycles. The highest BCUT2D eigenvalue weighted by Gasteiger charge is 1.98. The molecule has 0 aromatic rings. The molecule has 0 aromatic carbocycles. The van der Waals surface area contributed by atoms with Crippen molar-refractivity contribution in [3.8, 4) is 0 Å². The van der Waals surface area contributed by atoms with E-state index in [1.165, 1.54) is 0 Å². The van der Waals surface area contributed by atoms with Gasteiger partial charge >= 0.3 is 0 Å². The lowest BCUT2D eigenvalue weighted by atomic mass is 10.1. The van der Waals surface area contributed by atoms with Crippen LogP contribution in [-0.2, 0) is 0 Å². The van der Waals surface area contributed by atoms with Crippen LogP contribution in [0.1, 0.15) is 45.4 Å². The van der Waals surface area contributed by atoms with Crippen LogP contribution < -0.4 is 0 Å². The molecular formula is C12H21NO. The first-order valence-electron chi connectivity index (χ1n) is 5.27. The molecule has 14 heavy (non-hydrogen) atoms. The molecule has 0 aliphatic rings. The predicted octanol–water partition coefficient (Wildman–Crippen LogP) is 3.92. The van der Waals surface area contributed by atoms with Gasteiger partial charge in [-0.15, -0.1) is 6.58 Å². The second kappa shape index (κ2) is 10.0. The molecule has 0 fully saturated rings. The first-order valence-corrected chi connectivity index (χ1v) is 5.27. The Morgan fingerprint density at radius 1 is 1.29 bits per heavy atom. The van der Waals surface area contributed by atoms with Crippen molar-refractivity contribution in [2.24, 2.45) is 5.16 Å². The lowest BCUT2D eigenvalue weighted by Crippen LogP contribution is -1.98. The number of unbranched alkanes of at least 4 members (excludes halogenated alkanes) is 2. The smallest absolute Gasteiger partial charge is 0.0571 e. The Kier molecular flexibility index (Phi) is 9.28. The third kappa shape index (κ3) is 7.59. The average Bonchev–Trinajstić information content (AvgIpc) is 2.22. The van der Waals surface area contributed by atoms with Gasteiger partial charge in [0.25, 0.3) is 0 Å². The minimum Gasteiger partial charge on any atom is -0.411 e. The summed E-state index contributed by atoms with van der Waals surface area (Å²) in [5, 5.41) is 12.0. The maximum Gasteiger partial charge on any atom is 0.0571 e. The fourth-order valence-corrected chi connectivity index (χ4v) is 1.27. The Labute approximate surface area is 87.0 Å². The third-order valence-electron chi connectivity index (χ3n) is 2.09. The molecule has 0 heterocycles. The Bertz CT molecular complexity index is 194. The van der Waals surface area contributed by atoms with Crippen molar-refractivity contribution in [1.82, 2.24) is 0 Å². The molecular weight excluding hydrogens is 174 g/mol. The standard InChI is InChI=1S/C12H21NO/c1-3-5-7-9-11-12(13-14)10-8-6-4-2/h3-5,14H,2,6-11H2,1H3/b5-3+,13-12+. The van der Waals surface area contributed by atoms with Crippen molar-refractivity contribution in [2.75, 3.05) is 0 Å². The molecule has 2 heteroatoms. The van der Waals surface area contributed by atoms with Crippen LogP contribution >= 0.6 is 0 Å². The van der Waals surface area contributed by atoms with Gasteiger partial charge in [0, 0.05) is 0 Å². The summed E-state index contributed by atoms with van der Waals surface area (Å²) in [6, 6.07) is 0. The molecule has 0 aliphatic carbocycles. The highest BCUT2D eigenvalue weighted by atomic mass is 16.4. The molecule has 0 rings (SSSR count). The van der Waals surface area contributed by atoms with Crippen molar-refractivity contribution in [1.29, 1.82) is 0 Å². The van der Waals surface area contributed by atoms with Crippen LogP contribution in [0.25, 0.3) is 0 Å². The van der Waals surface area contributed by atoms with E-state index in [0.29, 0.717) is 0 Å². The Balaban J connectivity index is 3.53. The van der Waals surface area contributed by atoms with Crippen molar-refractivity contribution >= 4 is 5.71 Å². The van der Waals surface area contributed by atoms with E-state index in [9.17, 15) is 0 Å². The molecule has 0 aliphatic heterocycles. The van der Waals surface area contributed by atoms with E-state index in [-0.39, 0.29) is 0 Å². The summed E-state index contributed by atoms with van der Waals surface area (Å²) in [6.07, 6.45) is 12.0. The summed E-state index contributed by atoms with van der Waals surface area (Å²) in [5.41, 5.74) is 0.913. The molecule has 2 nitrogen and oxygen atoms in total. The topological polar surface area (TPSA) is 32.6 Å². The number of hydrogen-bond acceptors (Lipinski definition) is 2. The second-order valence-electron chi connectivity index (χ2n) is 3.31. The van der Waals surface area contributed by atoms with Gasteiger partial charge in [0.1, 0.15) is 0 Å². The maximum atomic E-state index is 8.73. The minimum atomic E-state index is 0.887. The molecule has 0 saturated carbocycles.